The standard InChI is InChI=1S/C13H20N4OS/c1-5-8-16(4)13-15-11(14)10(19-13)12(18)17(7-3)9-6-2/h2H,5,7-9,14H2,1,3-4H3. The van der Waals surface area contributed by atoms with Gasteiger partial charge < -0.3 is 15.5 Å². The van der Waals surface area contributed by atoms with E-state index >= 15 is 0 Å². The van der Waals surface area contributed by atoms with Crippen molar-refractivity contribution in [3.05, 3.63) is 4.88 Å². The first-order chi connectivity index (χ1) is 9.04. The van der Waals surface area contributed by atoms with E-state index in [-0.39, 0.29) is 18.3 Å². The van der Waals surface area contributed by atoms with Crippen molar-refractivity contribution in [2.45, 2.75) is 20.3 Å². The van der Waals surface area contributed by atoms with E-state index in [4.69, 9.17) is 12.2 Å². The number of nitrogens with two attached hydrogens (primary N) is 1. The summed E-state index contributed by atoms with van der Waals surface area (Å²) in [5.74, 6) is 2.61. The van der Waals surface area contributed by atoms with Gasteiger partial charge in [0.05, 0.1) is 6.54 Å². The van der Waals surface area contributed by atoms with E-state index in [1.165, 1.54) is 11.3 Å². The zero-order valence-electron chi connectivity index (χ0n) is 11.6. The molecule has 0 aliphatic carbocycles. The Morgan fingerprint density at radius 3 is 2.74 bits per heavy atom. The van der Waals surface area contributed by atoms with Crippen molar-refractivity contribution in [1.82, 2.24) is 9.88 Å². The number of anilines is 2. The third kappa shape index (κ3) is 3.61. The van der Waals surface area contributed by atoms with Gasteiger partial charge in [-0.25, -0.2) is 4.98 Å². The third-order valence-electron chi connectivity index (χ3n) is 2.67. The lowest BCUT2D eigenvalue weighted by atomic mass is 10.4. The summed E-state index contributed by atoms with van der Waals surface area (Å²) < 4.78 is 0. The van der Waals surface area contributed by atoms with Crippen molar-refractivity contribution in [2.24, 2.45) is 0 Å². The van der Waals surface area contributed by atoms with Gasteiger partial charge in [0, 0.05) is 20.1 Å². The molecule has 0 spiro atoms. The Morgan fingerprint density at radius 2 is 2.21 bits per heavy atom. The second kappa shape index (κ2) is 7.00. The lowest BCUT2D eigenvalue weighted by Gasteiger charge is -2.17. The van der Waals surface area contributed by atoms with Crippen LogP contribution < -0.4 is 10.6 Å². The molecule has 6 heteroatoms. The first-order valence-electron chi connectivity index (χ1n) is 6.25. The van der Waals surface area contributed by atoms with Gasteiger partial charge >= 0.3 is 0 Å². The Morgan fingerprint density at radius 1 is 1.53 bits per heavy atom. The number of carbonyl (C=O) groups is 1. The van der Waals surface area contributed by atoms with Crippen LogP contribution in [0, 0.1) is 12.3 Å². The van der Waals surface area contributed by atoms with E-state index in [1.807, 2.05) is 18.9 Å². The number of hydrogen-bond donors (Lipinski definition) is 1. The number of nitrogens with zero attached hydrogens (tertiary/aromatic N) is 3. The maximum Gasteiger partial charge on any atom is 0.268 e. The van der Waals surface area contributed by atoms with E-state index < -0.39 is 0 Å². The zero-order valence-corrected chi connectivity index (χ0v) is 12.5. The maximum atomic E-state index is 12.3. The van der Waals surface area contributed by atoms with Crippen LogP contribution in [0.25, 0.3) is 0 Å². The van der Waals surface area contributed by atoms with E-state index in [0.29, 0.717) is 11.4 Å². The molecule has 0 atom stereocenters. The topological polar surface area (TPSA) is 62.5 Å². The van der Waals surface area contributed by atoms with Crippen molar-refractivity contribution in [3.8, 4) is 12.3 Å². The Balaban J connectivity index is 2.95. The fourth-order valence-corrected chi connectivity index (χ4v) is 2.59. The molecule has 104 valence electrons. The van der Waals surface area contributed by atoms with Crippen molar-refractivity contribution < 1.29 is 4.79 Å². The Bertz CT molecular complexity index is 477. The molecule has 0 saturated heterocycles. The van der Waals surface area contributed by atoms with Crippen molar-refractivity contribution >= 4 is 28.2 Å². The summed E-state index contributed by atoms with van der Waals surface area (Å²) in [6, 6.07) is 0. The van der Waals surface area contributed by atoms with Gasteiger partial charge in [-0.2, -0.15) is 0 Å². The van der Waals surface area contributed by atoms with Crippen LogP contribution in [-0.2, 0) is 0 Å². The highest BCUT2D eigenvalue weighted by atomic mass is 32.1. The zero-order chi connectivity index (χ0) is 14.4. The van der Waals surface area contributed by atoms with Crippen LogP contribution in [0.2, 0.25) is 0 Å². The van der Waals surface area contributed by atoms with E-state index in [9.17, 15) is 4.79 Å². The van der Waals surface area contributed by atoms with Gasteiger partial charge in [0.1, 0.15) is 10.7 Å². The van der Waals surface area contributed by atoms with Gasteiger partial charge in [-0.05, 0) is 13.3 Å². The molecule has 1 aromatic heterocycles. The minimum absolute atomic E-state index is 0.147. The molecular formula is C13H20N4OS. The van der Waals surface area contributed by atoms with Crippen LogP contribution in [-0.4, -0.2) is 42.5 Å². The highest BCUT2D eigenvalue weighted by Gasteiger charge is 2.21. The molecular weight excluding hydrogens is 260 g/mol. The lowest BCUT2D eigenvalue weighted by molar-refractivity contribution is 0.0790. The fourth-order valence-electron chi connectivity index (χ4n) is 1.65. The Hall–Kier alpha value is -1.74. The number of aromatic nitrogens is 1. The van der Waals surface area contributed by atoms with Gasteiger partial charge in [0.2, 0.25) is 0 Å². The van der Waals surface area contributed by atoms with Crippen LogP contribution in [0.4, 0.5) is 10.9 Å². The van der Waals surface area contributed by atoms with E-state index in [1.54, 1.807) is 4.90 Å². The molecule has 0 aliphatic rings. The molecule has 2 N–H and O–H groups in total. The van der Waals surface area contributed by atoms with Crippen LogP contribution in [0.1, 0.15) is 29.9 Å². The predicted molar refractivity (Wildman–Crippen MR) is 80.5 cm³/mol. The lowest BCUT2D eigenvalue weighted by Crippen LogP contribution is -2.31. The van der Waals surface area contributed by atoms with Gasteiger partial charge in [-0.3, -0.25) is 4.79 Å². The molecule has 0 saturated carbocycles. The minimum atomic E-state index is -0.147. The molecule has 19 heavy (non-hydrogen) atoms. The van der Waals surface area contributed by atoms with Crippen LogP contribution in [0.5, 0.6) is 0 Å². The first kappa shape index (κ1) is 15.3. The largest absolute Gasteiger partial charge is 0.382 e. The summed E-state index contributed by atoms with van der Waals surface area (Å²) in [6.45, 7) is 5.69. The number of nitrogen functional groups attached to an aromatic ring is 1. The van der Waals surface area contributed by atoms with Gasteiger partial charge in [0.25, 0.3) is 5.91 Å². The molecule has 1 heterocycles. The third-order valence-corrected chi connectivity index (χ3v) is 3.85. The van der Waals surface area contributed by atoms with Crippen LogP contribution in [0.15, 0.2) is 0 Å². The summed E-state index contributed by atoms with van der Waals surface area (Å²) in [6.07, 6.45) is 6.27. The van der Waals surface area contributed by atoms with Crippen molar-refractivity contribution in [3.63, 3.8) is 0 Å². The number of terminal acetylenes is 1. The van der Waals surface area contributed by atoms with E-state index in [2.05, 4.69) is 17.8 Å². The van der Waals surface area contributed by atoms with Crippen LogP contribution >= 0.6 is 11.3 Å². The second-order valence-electron chi connectivity index (χ2n) is 4.16. The quantitative estimate of drug-likeness (QED) is 0.805. The van der Waals surface area contributed by atoms with Gasteiger partial charge in [-0.15, -0.1) is 6.42 Å². The Kier molecular flexibility index (Phi) is 5.64. The maximum absolute atomic E-state index is 12.3. The highest BCUT2D eigenvalue weighted by Crippen LogP contribution is 2.28. The number of rotatable bonds is 6. The highest BCUT2D eigenvalue weighted by molar-refractivity contribution is 7.18. The monoisotopic (exact) mass is 280 g/mol. The predicted octanol–water partition coefficient (Wildman–Crippen LogP) is 1.67. The molecule has 1 aromatic rings. The molecule has 1 amide bonds. The summed E-state index contributed by atoms with van der Waals surface area (Å²) in [5.41, 5.74) is 5.84. The number of hydrogen-bond acceptors (Lipinski definition) is 5. The normalized spacial score (nSPS) is 10.0. The summed E-state index contributed by atoms with van der Waals surface area (Å²) in [5, 5.41) is 0.763. The smallest absolute Gasteiger partial charge is 0.268 e. The van der Waals surface area contributed by atoms with Gasteiger partial charge in [-0.1, -0.05) is 24.2 Å². The van der Waals surface area contributed by atoms with Crippen molar-refractivity contribution in [1.29, 1.82) is 0 Å². The molecule has 0 fully saturated rings. The fraction of sp³-hybridized carbons (Fsp3) is 0.538. The first-order valence-corrected chi connectivity index (χ1v) is 7.06. The average Bonchev–Trinajstić information content (AvgIpc) is 2.77. The van der Waals surface area contributed by atoms with E-state index in [0.717, 1.165) is 18.1 Å². The number of amides is 1. The van der Waals surface area contributed by atoms with Crippen molar-refractivity contribution in [2.75, 3.05) is 37.3 Å². The minimum Gasteiger partial charge on any atom is -0.382 e. The number of thiazole rings is 1. The van der Waals surface area contributed by atoms with Crippen LogP contribution in [0.3, 0.4) is 0 Å². The molecule has 0 unspecified atom stereocenters. The van der Waals surface area contributed by atoms with Gasteiger partial charge in [0.15, 0.2) is 5.13 Å². The molecule has 0 bridgehead atoms. The molecule has 0 aliphatic heterocycles. The summed E-state index contributed by atoms with van der Waals surface area (Å²) in [4.78, 5) is 20.6. The summed E-state index contributed by atoms with van der Waals surface area (Å²) >= 11 is 1.32. The molecule has 0 radical (unpaired) electrons. The summed E-state index contributed by atoms with van der Waals surface area (Å²) in [7, 11) is 1.94. The Labute approximate surface area is 118 Å². The SMILES string of the molecule is C#CCN(CC)C(=O)c1sc(N(C)CCC)nc1N. The molecule has 5 nitrogen and oxygen atoms in total. The number of carbonyl (C=O) groups excluding carboxylic acids is 1. The molecule has 1 rings (SSSR count). The average molecular weight is 280 g/mol. The molecule has 0 aromatic carbocycles. The second-order valence-corrected chi connectivity index (χ2v) is 5.13.